The molecule has 0 aliphatic carbocycles. The van der Waals surface area contributed by atoms with E-state index >= 15 is 0 Å². The van der Waals surface area contributed by atoms with E-state index in [-0.39, 0.29) is 23.2 Å². The zero-order chi connectivity index (χ0) is 13.3. The minimum absolute atomic E-state index is 0.131. The molecule has 0 fully saturated rings. The minimum atomic E-state index is -0.633. The topological polar surface area (TPSA) is 69.4 Å². The number of hydrogen-bond acceptors (Lipinski definition) is 4. The summed E-state index contributed by atoms with van der Waals surface area (Å²) in [4.78, 5) is 21.9. The third-order valence-electron chi connectivity index (χ3n) is 2.83. The van der Waals surface area contributed by atoms with Crippen molar-refractivity contribution >= 4 is 5.97 Å². The van der Waals surface area contributed by atoms with Gasteiger partial charge in [0.2, 0.25) is 6.04 Å². The fraction of sp³-hybridized carbons (Fsp3) is 0.917. The van der Waals surface area contributed by atoms with Gasteiger partial charge in [-0.3, -0.25) is 14.9 Å². The van der Waals surface area contributed by atoms with Crippen LogP contribution in [0.4, 0.5) is 0 Å². The number of nitro groups is 1. The molecule has 0 amide bonds. The molecular weight excluding hydrogens is 222 g/mol. The van der Waals surface area contributed by atoms with Gasteiger partial charge in [0.05, 0.1) is 13.0 Å². The number of nitrogens with zero attached hydrogens (tertiary/aromatic N) is 1. The van der Waals surface area contributed by atoms with Crippen LogP contribution in [0.2, 0.25) is 0 Å². The van der Waals surface area contributed by atoms with E-state index in [4.69, 9.17) is 4.74 Å². The summed E-state index contributed by atoms with van der Waals surface area (Å²) < 4.78 is 4.81. The van der Waals surface area contributed by atoms with Crippen molar-refractivity contribution in [2.75, 3.05) is 6.61 Å². The summed E-state index contributed by atoms with van der Waals surface area (Å²) in [5.74, 6) is -0.608. The molecule has 0 saturated carbocycles. The van der Waals surface area contributed by atoms with Crippen LogP contribution >= 0.6 is 0 Å². The van der Waals surface area contributed by atoms with E-state index in [1.807, 2.05) is 0 Å². The Bertz CT molecular complexity index is 243. The second-order valence-corrected chi connectivity index (χ2v) is 4.33. The van der Waals surface area contributed by atoms with Gasteiger partial charge < -0.3 is 4.74 Å². The number of unbranched alkanes of at least 4 members (excludes halogenated alkanes) is 2. The Kier molecular flexibility index (Phi) is 8.36. The standard InChI is InChI=1S/C12H23NO4/c1-4-6-7-8-11(13(15)16)10(3)9-12(14)17-5-2/h10-11H,4-9H2,1-3H3. The van der Waals surface area contributed by atoms with Crippen molar-refractivity contribution in [3.05, 3.63) is 10.1 Å². The lowest BCUT2D eigenvalue weighted by atomic mass is 9.94. The van der Waals surface area contributed by atoms with Crippen LogP contribution in [0.1, 0.15) is 52.9 Å². The zero-order valence-corrected chi connectivity index (χ0v) is 11.0. The lowest BCUT2D eigenvalue weighted by Gasteiger charge is -2.16. The number of esters is 1. The van der Waals surface area contributed by atoms with Crippen molar-refractivity contribution in [1.29, 1.82) is 0 Å². The maximum Gasteiger partial charge on any atom is 0.306 e. The highest BCUT2D eigenvalue weighted by atomic mass is 16.6. The number of hydrogen-bond donors (Lipinski definition) is 0. The molecule has 5 heteroatoms. The minimum Gasteiger partial charge on any atom is -0.466 e. The molecular formula is C12H23NO4. The second kappa shape index (κ2) is 8.96. The maximum absolute atomic E-state index is 11.3. The Balaban J connectivity index is 4.19. The first-order valence-electron chi connectivity index (χ1n) is 6.32. The Labute approximate surface area is 103 Å². The van der Waals surface area contributed by atoms with Crippen LogP contribution in [0, 0.1) is 16.0 Å². The van der Waals surface area contributed by atoms with Crippen LogP contribution in [0.25, 0.3) is 0 Å². The van der Waals surface area contributed by atoms with Gasteiger partial charge in [0, 0.05) is 17.3 Å². The Morgan fingerprint density at radius 1 is 1.35 bits per heavy atom. The fourth-order valence-electron chi connectivity index (χ4n) is 1.82. The third-order valence-corrected chi connectivity index (χ3v) is 2.83. The lowest BCUT2D eigenvalue weighted by molar-refractivity contribution is -0.532. The van der Waals surface area contributed by atoms with E-state index in [1.165, 1.54) is 0 Å². The summed E-state index contributed by atoms with van der Waals surface area (Å²) in [6, 6.07) is -0.633. The van der Waals surface area contributed by atoms with E-state index in [2.05, 4.69) is 6.92 Å². The van der Waals surface area contributed by atoms with Crippen molar-refractivity contribution < 1.29 is 14.5 Å². The summed E-state index contributed by atoms with van der Waals surface area (Å²) in [5, 5.41) is 10.9. The average Bonchev–Trinajstić information content (AvgIpc) is 2.23. The Morgan fingerprint density at radius 2 is 2.00 bits per heavy atom. The van der Waals surface area contributed by atoms with Crippen molar-refractivity contribution in [2.24, 2.45) is 5.92 Å². The van der Waals surface area contributed by atoms with E-state index in [0.29, 0.717) is 13.0 Å². The zero-order valence-electron chi connectivity index (χ0n) is 11.0. The number of carbonyl (C=O) groups excluding carboxylic acids is 1. The van der Waals surface area contributed by atoms with E-state index in [1.54, 1.807) is 13.8 Å². The molecule has 0 radical (unpaired) electrons. The molecule has 2 unspecified atom stereocenters. The molecule has 0 saturated heterocycles. The van der Waals surface area contributed by atoms with Crippen molar-refractivity contribution in [1.82, 2.24) is 0 Å². The molecule has 0 bridgehead atoms. The molecule has 0 N–H and O–H groups in total. The number of carbonyl (C=O) groups is 1. The molecule has 100 valence electrons. The molecule has 2 atom stereocenters. The summed E-state index contributed by atoms with van der Waals surface area (Å²) in [6.07, 6.45) is 3.55. The van der Waals surface area contributed by atoms with Gasteiger partial charge in [0.1, 0.15) is 0 Å². The van der Waals surface area contributed by atoms with Crippen LogP contribution in [0.5, 0.6) is 0 Å². The molecule has 0 aromatic carbocycles. The van der Waals surface area contributed by atoms with Crippen molar-refractivity contribution in [3.8, 4) is 0 Å². The normalized spacial score (nSPS) is 14.1. The van der Waals surface area contributed by atoms with Gasteiger partial charge in [-0.15, -0.1) is 0 Å². The highest BCUT2D eigenvalue weighted by Crippen LogP contribution is 2.18. The van der Waals surface area contributed by atoms with Crippen LogP contribution in [-0.2, 0) is 9.53 Å². The van der Waals surface area contributed by atoms with Gasteiger partial charge in [-0.05, 0) is 13.3 Å². The monoisotopic (exact) mass is 245 g/mol. The van der Waals surface area contributed by atoms with Gasteiger partial charge >= 0.3 is 5.97 Å². The number of rotatable bonds is 9. The van der Waals surface area contributed by atoms with Crippen LogP contribution in [0.3, 0.4) is 0 Å². The molecule has 0 aliphatic rings. The summed E-state index contributed by atoms with van der Waals surface area (Å²) >= 11 is 0. The molecule has 0 heterocycles. The first kappa shape index (κ1) is 15.9. The van der Waals surface area contributed by atoms with Crippen molar-refractivity contribution in [2.45, 2.75) is 58.9 Å². The van der Waals surface area contributed by atoms with Gasteiger partial charge in [0.25, 0.3) is 0 Å². The molecule has 0 rings (SSSR count). The van der Waals surface area contributed by atoms with Gasteiger partial charge in [-0.25, -0.2) is 0 Å². The molecule has 17 heavy (non-hydrogen) atoms. The Morgan fingerprint density at radius 3 is 2.47 bits per heavy atom. The predicted molar refractivity (Wildman–Crippen MR) is 65.3 cm³/mol. The predicted octanol–water partition coefficient (Wildman–Crippen LogP) is 2.80. The summed E-state index contributed by atoms with van der Waals surface area (Å²) in [6.45, 7) is 5.86. The van der Waals surface area contributed by atoms with E-state index in [0.717, 1.165) is 19.3 Å². The van der Waals surface area contributed by atoms with Crippen molar-refractivity contribution in [3.63, 3.8) is 0 Å². The summed E-state index contributed by atoms with van der Waals surface area (Å²) in [7, 11) is 0. The maximum atomic E-state index is 11.3. The molecule has 0 spiro atoms. The quantitative estimate of drug-likeness (QED) is 0.271. The largest absolute Gasteiger partial charge is 0.466 e. The fourth-order valence-corrected chi connectivity index (χ4v) is 1.82. The molecule has 0 aromatic heterocycles. The van der Waals surface area contributed by atoms with Crippen LogP contribution in [0.15, 0.2) is 0 Å². The molecule has 0 aliphatic heterocycles. The first-order valence-corrected chi connectivity index (χ1v) is 6.32. The van der Waals surface area contributed by atoms with Gasteiger partial charge in [-0.2, -0.15) is 0 Å². The van der Waals surface area contributed by atoms with Gasteiger partial charge in [0.15, 0.2) is 0 Å². The number of ether oxygens (including phenoxy) is 1. The van der Waals surface area contributed by atoms with Crippen LogP contribution in [-0.4, -0.2) is 23.5 Å². The molecule has 0 aromatic rings. The molecule has 5 nitrogen and oxygen atoms in total. The lowest BCUT2D eigenvalue weighted by Crippen LogP contribution is -2.29. The van der Waals surface area contributed by atoms with E-state index < -0.39 is 6.04 Å². The van der Waals surface area contributed by atoms with Crippen LogP contribution < -0.4 is 0 Å². The van der Waals surface area contributed by atoms with E-state index in [9.17, 15) is 14.9 Å². The third kappa shape index (κ3) is 6.92. The summed E-state index contributed by atoms with van der Waals surface area (Å²) in [5.41, 5.74) is 0. The SMILES string of the molecule is CCCCCC(C(C)CC(=O)OCC)[N+](=O)[O-]. The first-order chi connectivity index (χ1) is 8.02. The Hall–Kier alpha value is -1.13. The average molecular weight is 245 g/mol. The highest BCUT2D eigenvalue weighted by Gasteiger charge is 2.29. The second-order valence-electron chi connectivity index (χ2n) is 4.33. The smallest absolute Gasteiger partial charge is 0.306 e. The highest BCUT2D eigenvalue weighted by molar-refractivity contribution is 5.69. The van der Waals surface area contributed by atoms with Gasteiger partial charge in [-0.1, -0.05) is 26.7 Å².